The zero-order valence-corrected chi connectivity index (χ0v) is 14.6. The Bertz CT molecular complexity index is 873. The molecule has 3 aromatic heterocycles. The van der Waals surface area contributed by atoms with E-state index < -0.39 is 0 Å². The normalized spacial score (nSPS) is 11.4. The van der Waals surface area contributed by atoms with Crippen LogP contribution in [0.3, 0.4) is 0 Å². The minimum absolute atomic E-state index is 0.767. The van der Waals surface area contributed by atoms with Gasteiger partial charge in [0.2, 0.25) is 0 Å². The van der Waals surface area contributed by atoms with Gasteiger partial charge in [0, 0.05) is 6.20 Å². The fraction of sp³-hybridized carbons (Fsp3) is 0.167. The smallest absolute Gasteiger partial charge is 0.132 e. The molecule has 0 aliphatic heterocycles. The molecule has 0 fully saturated rings. The molecule has 3 heterocycles. The van der Waals surface area contributed by atoms with Crippen LogP contribution >= 0.6 is 11.3 Å². The summed E-state index contributed by atoms with van der Waals surface area (Å²) in [5, 5.41) is 7.21. The Morgan fingerprint density at radius 2 is 2.04 bits per heavy atom. The SMILES string of the molecule is CO/N=C(\C)c1ccc(-c2cccc(Nc3cc(C)ccn3)n2)s1. The Balaban J connectivity index is 1.84. The third-order valence-corrected chi connectivity index (χ3v) is 4.58. The number of nitrogens with one attached hydrogen (secondary N) is 1. The monoisotopic (exact) mass is 338 g/mol. The molecular weight excluding hydrogens is 320 g/mol. The van der Waals surface area contributed by atoms with Crippen LogP contribution in [-0.2, 0) is 4.84 Å². The third-order valence-electron chi connectivity index (χ3n) is 3.36. The molecule has 0 radical (unpaired) electrons. The lowest BCUT2D eigenvalue weighted by molar-refractivity contribution is 0.213. The van der Waals surface area contributed by atoms with Crippen molar-refractivity contribution in [2.75, 3.05) is 12.4 Å². The number of hydrogen-bond acceptors (Lipinski definition) is 6. The van der Waals surface area contributed by atoms with Crippen molar-refractivity contribution < 1.29 is 4.84 Å². The Labute approximate surface area is 145 Å². The van der Waals surface area contributed by atoms with E-state index in [1.807, 2.05) is 56.3 Å². The maximum absolute atomic E-state index is 4.83. The molecule has 0 unspecified atom stereocenters. The molecule has 0 aliphatic rings. The lowest BCUT2D eigenvalue weighted by Gasteiger charge is -2.06. The molecule has 0 saturated heterocycles. The molecule has 0 aromatic carbocycles. The fourth-order valence-electron chi connectivity index (χ4n) is 2.23. The first-order valence-corrected chi connectivity index (χ1v) is 8.32. The van der Waals surface area contributed by atoms with Crippen molar-refractivity contribution >= 4 is 28.7 Å². The standard InChI is InChI=1S/C18H18N4OS/c1-12-9-10-19-18(11-12)21-17-6-4-5-14(20-17)16-8-7-15(24-16)13(2)22-23-3/h4-11H,1-3H3,(H,19,20,21)/b22-13+. The van der Waals surface area contributed by atoms with Crippen LogP contribution in [0.15, 0.2) is 53.8 Å². The highest BCUT2D eigenvalue weighted by Gasteiger charge is 2.08. The quantitative estimate of drug-likeness (QED) is 0.544. The van der Waals surface area contributed by atoms with Crippen LogP contribution < -0.4 is 5.32 Å². The van der Waals surface area contributed by atoms with E-state index in [1.165, 1.54) is 0 Å². The van der Waals surface area contributed by atoms with Gasteiger partial charge < -0.3 is 10.2 Å². The molecule has 0 spiro atoms. The van der Waals surface area contributed by atoms with Crippen molar-refractivity contribution in [3.63, 3.8) is 0 Å². The van der Waals surface area contributed by atoms with Gasteiger partial charge in [-0.2, -0.15) is 0 Å². The second kappa shape index (κ2) is 7.23. The highest BCUT2D eigenvalue weighted by Crippen LogP contribution is 2.28. The van der Waals surface area contributed by atoms with E-state index >= 15 is 0 Å². The summed E-state index contributed by atoms with van der Waals surface area (Å²) in [4.78, 5) is 16.0. The molecule has 5 nitrogen and oxygen atoms in total. The summed E-state index contributed by atoms with van der Waals surface area (Å²) in [6, 6.07) is 13.9. The van der Waals surface area contributed by atoms with E-state index in [2.05, 4.69) is 20.4 Å². The molecule has 0 saturated carbocycles. The number of pyridine rings is 2. The molecule has 24 heavy (non-hydrogen) atoms. The van der Waals surface area contributed by atoms with Crippen LogP contribution in [0.2, 0.25) is 0 Å². The van der Waals surface area contributed by atoms with Gasteiger partial charge in [-0.25, -0.2) is 9.97 Å². The van der Waals surface area contributed by atoms with Crippen molar-refractivity contribution in [3.8, 4) is 10.6 Å². The van der Waals surface area contributed by atoms with Gasteiger partial charge in [-0.15, -0.1) is 11.3 Å². The third kappa shape index (κ3) is 3.78. The lowest BCUT2D eigenvalue weighted by atomic mass is 10.3. The zero-order chi connectivity index (χ0) is 16.9. The second-order valence-electron chi connectivity index (χ2n) is 5.27. The van der Waals surface area contributed by atoms with Gasteiger partial charge in [0.05, 0.1) is 21.2 Å². The van der Waals surface area contributed by atoms with Gasteiger partial charge >= 0.3 is 0 Å². The van der Waals surface area contributed by atoms with Crippen LogP contribution in [0.25, 0.3) is 10.6 Å². The van der Waals surface area contributed by atoms with Crippen LogP contribution in [0.4, 0.5) is 11.6 Å². The molecule has 3 rings (SSSR count). The molecule has 122 valence electrons. The van der Waals surface area contributed by atoms with Crippen molar-refractivity contribution in [2.45, 2.75) is 13.8 Å². The van der Waals surface area contributed by atoms with E-state index in [0.29, 0.717) is 0 Å². The molecule has 0 bridgehead atoms. The van der Waals surface area contributed by atoms with Gasteiger partial charge in [-0.05, 0) is 55.8 Å². The molecule has 3 aromatic rings. The first kappa shape index (κ1) is 16.1. The molecule has 6 heteroatoms. The number of thiophene rings is 1. The van der Waals surface area contributed by atoms with E-state index in [4.69, 9.17) is 4.84 Å². The van der Waals surface area contributed by atoms with Gasteiger partial charge in [-0.3, -0.25) is 0 Å². The average Bonchev–Trinajstić information content (AvgIpc) is 3.05. The summed E-state index contributed by atoms with van der Waals surface area (Å²) >= 11 is 1.63. The maximum atomic E-state index is 4.83. The highest BCUT2D eigenvalue weighted by atomic mass is 32.1. The largest absolute Gasteiger partial charge is 0.399 e. The summed E-state index contributed by atoms with van der Waals surface area (Å²) in [7, 11) is 1.55. The van der Waals surface area contributed by atoms with E-state index in [-0.39, 0.29) is 0 Å². The summed E-state index contributed by atoms with van der Waals surface area (Å²) in [6.45, 7) is 3.96. The summed E-state index contributed by atoms with van der Waals surface area (Å²) in [6.07, 6.45) is 1.78. The van der Waals surface area contributed by atoms with E-state index in [9.17, 15) is 0 Å². The van der Waals surface area contributed by atoms with Gasteiger partial charge in [0.25, 0.3) is 0 Å². The van der Waals surface area contributed by atoms with Gasteiger partial charge in [-0.1, -0.05) is 11.2 Å². The first-order valence-electron chi connectivity index (χ1n) is 7.51. The maximum Gasteiger partial charge on any atom is 0.132 e. The van der Waals surface area contributed by atoms with E-state index in [1.54, 1.807) is 24.6 Å². The van der Waals surface area contributed by atoms with Gasteiger partial charge in [0.1, 0.15) is 18.7 Å². The second-order valence-corrected chi connectivity index (χ2v) is 6.36. The number of anilines is 2. The number of oxime groups is 1. The topological polar surface area (TPSA) is 59.4 Å². The number of hydrogen-bond donors (Lipinski definition) is 1. The van der Waals surface area contributed by atoms with Gasteiger partial charge in [0.15, 0.2) is 0 Å². The predicted octanol–water partition coefficient (Wildman–Crippen LogP) is 4.63. The van der Waals surface area contributed by atoms with Crippen molar-refractivity contribution in [2.24, 2.45) is 5.16 Å². The van der Waals surface area contributed by atoms with Crippen LogP contribution in [-0.4, -0.2) is 22.8 Å². The zero-order valence-electron chi connectivity index (χ0n) is 13.8. The highest BCUT2D eigenvalue weighted by molar-refractivity contribution is 7.17. The summed E-state index contributed by atoms with van der Waals surface area (Å²) in [5.41, 5.74) is 2.92. The molecule has 0 atom stereocenters. The Hall–Kier alpha value is -2.73. The number of rotatable bonds is 5. The molecule has 0 amide bonds. The lowest BCUT2D eigenvalue weighted by Crippen LogP contribution is -1.96. The molecule has 1 N–H and O–H groups in total. The minimum Gasteiger partial charge on any atom is -0.399 e. The Morgan fingerprint density at radius 3 is 2.83 bits per heavy atom. The Kier molecular flexibility index (Phi) is 4.86. The van der Waals surface area contributed by atoms with E-state index in [0.717, 1.165) is 38.4 Å². The number of aryl methyl sites for hydroxylation is 1. The van der Waals surface area contributed by atoms with Crippen molar-refractivity contribution in [1.29, 1.82) is 0 Å². The average molecular weight is 338 g/mol. The number of nitrogens with zero attached hydrogens (tertiary/aromatic N) is 3. The Morgan fingerprint density at radius 1 is 1.17 bits per heavy atom. The molecule has 0 aliphatic carbocycles. The van der Waals surface area contributed by atoms with Crippen LogP contribution in [0, 0.1) is 6.92 Å². The predicted molar refractivity (Wildman–Crippen MR) is 99.0 cm³/mol. The summed E-state index contributed by atoms with van der Waals surface area (Å²) in [5.74, 6) is 1.55. The van der Waals surface area contributed by atoms with Crippen LogP contribution in [0.5, 0.6) is 0 Å². The molecular formula is C18H18N4OS. The fourth-order valence-corrected chi connectivity index (χ4v) is 3.14. The first-order chi connectivity index (χ1) is 11.7. The van der Waals surface area contributed by atoms with Crippen molar-refractivity contribution in [1.82, 2.24) is 9.97 Å². The summed E-state index contributed by atoms with van der Waals surface area (Å²) < 4.78 is 0. The minimum atomic E-state index is 0.767. The number of aromatic nitrogens is 2. The van der Waals surface area contributed by atoms with Crippen molar-refractivity contribution in [3.05, 3.63) is 59.1 Å². The van der Waals surface area contributed by atoms with Crippen LogP contribution in [0.1, 0.15) is 17.4 Å².